The van der Waals surface area contributed by atoms with Gasteiger partial charge in [0.1, 0.15) is 11.5 Å². The topological polar surface area (TPSA) is 54.5 Å². The number of rotatable bonds is 9. The molecule has 2 aromatic rings. The standard InChI is InChI=1S/C29H38F3N3O4/c1-37-25-9-7-22(27(18-25)38-2)20-33-12-11-26(21(19-33)8-10-28(36)39-3)35-15-13-34(14-16-35)24-6-4-5-23(17-24)29(30,31)32/h4-7,9,17-18,21,26H,8,10-16,19-20H2,1-3H3/t21-,26+/m0/s1. The van der Waals surface area contributed by atoms with Crippen molar-refractivity contribution in [2.45, 2.75) is 38.0 Å². The minimum Gasteiger partial charge on any atom is -0.497 e. The molecule has 7 nitrogen and oxygen atoms in total. The molecule has 0 aromatic heterocycles. The Kier molecular flexibility index (Phi) is 9.61. The Morgan fingerprint density at radius 2 is 1.74 bits per heavy atom. The van der Waals surface area contributed by atoms with Crippen molar-refractivity contribution in [2.24, 2.45) is 5.92 Å². The highest BCUT2D eigenvalue weighted by Gasteiger charge is 2.36. The molecule has 0 bridgehead atoms. The molecule has 0 aliphatic carbocycles. The minimum absolute atomic E-state index is 0.211. The Hall–Kier alpha value is -2.98. The minimum atomic E-state index is -4.35. The van der Waals surface area contributed by atoms with Crippen LogP contribution in [-0.4, -0.2) is 82.4 Å². The van der Waals surface area contributed by atoms with Gasteiger partial charge >= 0.3 is 12.1 Å². The molecular formula is C29H38F3N3O4. The zero-order valence-electron chi connectivity index (χ0n) is 22.9. The van der Waals surface area contributed by atoms with Crippen molar-refractivity contribution >= 4 is 11.7 Å². The molecule has 2 aliphatic heterocycles. The van der Waals surface area contributed by atoms with Crippen molar-refractivity contribution in [2.75, 3.05) is 65.5 Å². The lowest BCUT2D eigenvalue weighted by atomic mass is 9.86. The molecule has 2 heterocycles. The molecule has 0 spiro atoms. The Labute approximate surface area is 228 Å². The number of hydrogen-bond acceptors (Lipinski definition) is 7. The summed E-state index contributed by atoms with van der Waals surface area (Å²) in [6, 6.07) is 11.7. The summed E-state index contributed by atoms with van der Waals surface area (Å²) in [5.74, 6) is 1.59. The molecule has 214 valence electrons. The number of piperidine rings is 1. The van der Waals surface area contributed by atoms with E-state index in [4.69, 9.17) is 14.2 Å². The SMILES string of the molecule is COC(=O)CC[C@H]1CN(Cc2ccc(OC)cc2OC)CC[C@H]1N1CCN(c2cccc(C(F)(F)F)c2)CC1. The van der Waals surface area contributed by atoms with E-state index in [-0.39, 0.29) is 11.9 Å². The maximum Gasteiger partial charge on any atom is 0.416 e. The van der Waals surface area contributed by atoms with Gasteiger partial charge in [-0.25, -0.2) is 0 Å². The van der Waals surface area contributed by atoms with Crippen LogP contribution in [0.4, 0.5) is 18.9 Å². The normalized spacial score (nSPS) is 21.0. The summed E-state index contributed by atoms with van der Waals surface area (Å²) in [5, 5.41) is 0. The Balaban J connectivity index is 1.41. The maximum absolute atomic E-state index is 13.2. The van der Waals surface area contributed by atoms with Crippen molar-refractivity contribution in [1.29, 1.82) is 0 Å². The van der Waals surface area contributed by atoms with Crippen molar-refractivity contribution in [3.63, 3.8) is 0 Å². The average molecular weight is 550 g/mol. The van der Waals surface area contributed by atoms with Crippen molar-refractivity contribution in [3.8, 4) is 11.5 Å². The van der Waals surface area contributed by atoms with Crippen LogP contribution >= 0.6 is 0 Å². The summed E-state index contributed by atoms with van der Waals surface area (Å²) in [4.78, 5) is 18.9. The second-order valence-electron chi connectivity index (χ2n) is 10.2. The van der Waals surface area contributed by atoms with Gasteiger partial charge < -0.3 is 19.1 Å². The van der Waals surface area contributed by atoms with Crippen molar-refractivity contribution in [1.82, 2.24) is 9.80 Å². The Morgan fingerprint density at radius 3 is 2.41 bits per heavy atom. The summed E-state index contributed by atoms with van der Waals surface area (Å²) in [6.07, 6.45) is -2.31. The number of anilines is 1. The average Bonchev–Trinajstić information content (AvgIpc) is 2.96. The van der Waals surface area contributed by atoms with Crippen LogP contribution in [0.15, 0.2) is 42.5 Å². The number of benzene rings is 2. The van der Waals surface area contributed by atoms with Crippen LogP contribution in [0.25, 0.3) is 0 Å². The highest BCUT2D eigenvalue weighted by Crippen LogP contribution is 2.34. The highest BCUT2D eigenvalue weighted by atomic mass is 19.4. The van der Waals surface area contributed by atoms with Crippen molar-refractivity contribution in [3.05, 3.63) is 53.6 Å². The van der Waals surface area contributed by atoms with Crippen molar-refractivity contribution < 1.29 is 32.2 Å². The lowest BCUT2D eigenvalue weighted by Crippen LogP contribution is -2.56. The summed E-state index contributed by atoms with van der Waals surface area (Å²) in [6.45, 7) is 5.33. The zero-order valence-corrected chi connectivity index (χ0v) is 22.9. The maximum atomic E-state index is 13.2. The number of ether oxygens (including phenoxy) is 3. The Bertz CT molecular complexity index is 1110. The molecule has 39 heavy (non-hydrogen) atoms. The van der Waals surface area contributed by atoms with Gasteiger partial charge in [-0.1, -0.05) is 12.1 Å². The second kappa shape index (κ2) is 12.9. The van der Waals surface area contributed by atoms with Crippen LogP contribution in [0.1, 0.15) is 30.4 Å². The number of likely N-dealkylation sites (tertiary alicyclic amines) is 1. The van der Waals surface area contributed by atoms with E-state index >= 15 is 0 Å². The predicted molar refractivity (Wildman–Crippen MR) is 143 cm³/mol. The number of hydrogen-bond donors (Lipinski definition) is 0. The van der Waals surface area contributed by atoms with E-state index in [0.717, 1.165) is 68.7 Å². The molecule has 0 saturated carbocycles. The number of methoxy groups -OCH3 is 3. The first-order valence-corrected chi connectivity index (χ1v) is 13.4. The third kappa shape index (κ3) is 7.36. The van der Waals surface area contributed by atoms with E-state index < -0.39 is 11.7 Å². The zero-order chi connectivity index (χ0) is 28.0. The molecule has 2 atom stereocenters. The fourth-order valence-electron chi connectivity index (χ4n) is 5.82. The van der Waals surface area contributed by atoms with E-state index in [0.29, 0.717) is 31.2 Å². The molecule has 10 heteroatoms. The summed E-state index contributed by atoms with van der Waals surface area (Å²) in [5.41, 5.74) is 1.07. The molecule has 0 amide bonds. The largest absolute Gasteiger partial charge is 0.497 e. The van der Waals surface area contributed by atoms with Crippen LogP contribution in [0.3, 0.4) is 0 Å². The van der Waals surface area contributed by atoms with Crippen LogP contribution in [0.5, 0.6) is 11.5 Å². The van der Waals surface area contributed by atoms with Crippen LogP contribution in [0.2, 0.25) is 0 Å². The number of alkyl halides is 3. The lowest BCUT2D eigenvalue weighted by molar-refractivity contribution is -0.141. The molecule has 0 unspecified atom stereocenters. The molecule has 2 saturated heterocycles. The first-order chi connectivity index (χ1) is 18.7. The first kappa shape index (κ1) is 29.0. The number of halogens is 3. The first-order valence-electron chi connectivity index (χ1n) is 13.4. The van der Waals surface area contributed by atoms with E-state index in [2.05, 4.69) is 9.80 Å². The summed E-state index contributed by atoms with van der Waals surface area (Å²) < 4.78 is 55.5. The molecular weight excluding hydrogens is 511 g/mol. The van der Waals surface area contributed by atoms with E-state index in [1.165, 1.54) is 19.2 Å². The molecule has 2 aliphatic rings. The van der Waals surface area contributed by atoms with Gasteiger partial charge in [-0.2, -0.15) is 13.2 Å². The van der Waals surface area contributed by atoms with Crippen LogP contribution in [-0.2, 0) is 22.3 Å². The molecule has 2 aromatic carbocycles. The van der Waals surface area contributed by atoms with Gasteiger partial charge in [0.2, 0.25) is 0 Å². The predicted octanol–water partition coefficient (Wildman–Crippen LogP) is 4.69. The van der Waals surface area contributed by atoms with Gasteiger partial charge in [-0.05, 0) is 49.6 Å². The van der Waals surface area contributed by atoms with Gasteiger partial charge in [-0.15, -0.1) is 0 Å². The lowest BCUT2D eigenvalue weighted by Gasteiger charge is -2.47. The van der Waals surface area contributed by atoms with Gasteiger partial charge in [0.15, 0.2) is 0 Å². The number of esters is 1. The molecule has 0 radical (unpaired) electrons. The fraction of sp³-hybridized carbons (Fsp3) is 0.552. The number of carbonyl (C=O) groups excluding carboxylic acids is 1. The Morgan fingerprint density at radius 1 is 0.974 bits per heavy atom. The summed E-state index contributed by atoms with van der Waals surface area (Å²) in [7, 11) is 4.70. The fourth-order valence-corrected chi connectivity index (χ4v) is 5.82. The monoisotopic (exact) mass is 549 g/mol. The van der Waals surface area contributed by atoms with Gasteiger partial charge in [0.05, 0.1) is 26.9 Å². The third-order valence-electron chi connectivity index (χ3n) is 7.93. The van der Waals surface area contributed by atoms with Gasteiger partial charge in [-0.3, -0.25) is 14.6 Å². The summed E-state index contributed by atoms with van der Waals surface area (Å²) >= 11 is 0. The van der Waals surface area contributed by atoms with Crippen LogP contribution in [0, 0.1) is 5.92 Å². The van der Waals surface area contributed by atoms with E-state index in [1.54, 1.807) is 20.3 Å². The molecule has 4 rings (SSSR count). The smallest absolute Gasteiger partial charge is 0.416 e. The van der Waals surface area contributed by atoms with E-state index in [1.807, 2.05) is 23.1 Å². The van der Waals surface area contributed by atoms with Gasteiger partial charge in [0.25, 0.3) is 0 Å². The van der Waals surface area contributed by atoms with E-state index in [9.17, 15) is 18.0 Å². The number of piperazine rings is 1. The molecule has 0 N–H and O–H groups in total. The second-order valence-corrected chi connectivity index (χ2v) is 10.2. The number of nitrogens with zero attached hydrogens (tertiary/aromatic N) is 3. The van der Waals surface area contributed by atoms with Gasteiger partial charge in [0, 0.05) is 69.0 Å². The molecule has 2 fully saturated rings. The van der Waals surface area contributed by atoms with Crippen LogP contribution < -0.4 is 14.4 Å². The quantitative estimate of drug-likeness (QED) is 0.421. The number of carbonyl (C=O) groups is 1. The highest BCUT2D eigenvalue weighted by molar-refractivity contribution is 5.69. The third-order valence-corrected chi connectivity index (χ3v) is 7.93.